The number of carbonyl (C=O) groups excluding carboxylic acids is 2. The van der Waals surface area contributed by atoms with Crippen LogP contribution in [0, 0.1) is 5.82 Å². The fourth-order valence-corrected chi connectivity index (χ4v) is 5.68. The van der Waals surface area contributed by atoms with Crippen molar-refractivity contribution in [2.45, 2.75) is 83.6 Å². The number of carboxylic acids is 1. The quantitative estimate of drug-likeness (QED) is 0.520. The van der Waals surface area contributed by atoms with Gasteiger partial charge in [-0.25, -0.2) is 4.39 Å². The van der Waals surface area contributed by atoms with Crippen molar-refractivity contribution in [1.29, 1.82) is 0 Å². The molecule has 1 aliphatic carbocycles. The Balaban J connectivity index is 1.63. The van der Waals surface area contributed by atoms with Crippen LogP contribution in [0.25, 0.3) is 0 Å². The number of aryl methyl sites for hydroxylation is 2. The van der Waals surface area contributed by atoms with Crippen molar-refractivity contribution in [3.05, 3.63) is 64.0 Å². The number of fused-ring (bicyclic) bond motifs is 2. The van der Waals surface area contributed by atoms with Crippen molar-refractivity contribution < 1.29 is 23.9 Å². The number of carboxylic acid groups (broad SMARTS) is 1. The lowest BCUT2D eigenvalue weighted by molar-refractivity contribution is -0.140. The first-order valence-corrected chi connectivity index (χ1v) is 12.9. The Morgan fingerprint density at radius 1 is 1.11 bits per heavy atom. The summed E-state index contributed by atoms with van der Waals surface area (Å²) in [6, 6.07) is 8.40. The average molecular weight is 495 g/mol. The molecule has 7 heteroatoms. The minimum Gasteiger partial charge on any atom is -0.481 e. The van der Waals surface area contributed by atoms with Gasteiger partial charge in [0.1, 0.15) is 11.9 Å². The zero-order chi connectivity index (χ0) is 26.0. The van der Waals surface area contributed by atoms with Gasteiger partial charge >= 0.3 is 5.97 Å². The number of aliphatic carboxylic acids is 1. The van der Waals surface area contributed by atoms with Crippen LogP contribution in [-0.2, 0) is 39.1 Å². The second-order valence-electron chi connectivity index (χ2n) is 10.6. The summed E-state index contributed by atoms with van der Waals surface area (Å²) in [7, 11) is 0. The smallest absolute Gasteiger partial charge is 0.303 e. The Morgan fingerprint density at radius 3 is 2.61 bits per heavy atom. The minimum atomic E-state index is -0.952. The fourth-order valence-electron chi connectivity index (χ4n) is 5.68. The number of hydrogen-bond acceptors (Lipinski definition) is 3. The van der Waals surface area contributed by atoms with Crippen molar-refractivity contribution in [2.24, 2.45) is 0 Å². The number of benzene rings is 2. The van der Waals surface area contributed by atoms with Gasteiger partial charge in [-0.05, 0) is 77.5 Å². The molecule has 4 rings (SSSR count). The monoisotopic (exact) mass is 494 g/mol. The first-order valence-electron chi connectivity index (χ1n) is 12.9. The molecule has 2 N–H and O–H groups in total. The van der Waals surface area contributed by atoms with Gasteiger partial charge in [0.15, 0.2) is 0 Å². The van der Waals surface area contributed by atoms with E-state index in [1.807, 2.05) is 32.0 Å². The summed E-state index contributed by atoms with van der Waals surface area (Å²) >= 11 is 0. The lowest BCUT2D eigenvalue weighted by atomic mass is 9.86. The van der Waals surface area contributed by atoms with Crippen LogP contribution in [0.4, 0.5) is 10.1 Å². The molecule has 1 aliphatic heterocycles. The Morgan fingerprint density at radius 2 is 1.89 bits per heavy atom. The van der Waals surface area contributed by atoms with Crippen LogP contribution in [0.1, 0.15) is 86.7 Å². The first kappa shape index (κ1) is 25.9. The number of halogens is 1. The van der Waals surface area contributed by atoms with E-state index in [0.29, 0.717) is 24.2 Å². The van der Waals surface area contributed by atoms with E-state index in [4.69, 9.17) is 5.11 Å². The molecule has 0 saturated carbocycles. The predicted octanol–water partition coefficient (Wildman–Crippen LogP) is 5.32. The van der Waals surface area contributed by atoms with Crippen molar-refractivity contribution >= 4 is 23.5 Å². The highest BCUT2D eigenvalue weighted by Gasteiger charge is 2.37. The van der Waals surface area contributed by atoms with Gasteiger partial charge in [0.2, 0.25) is 5.91 Å². The van der Waals surface area contributed by atoms with Crippen LogP contribution in [-0.4, -0.2) is 34.3 Å². The Hall–Kier alpha value is -3.22. The molecular formula is C29H35FN2O4. The third-order valence-corrected chi connectivity index (χ3v) is 7.46. The minimum absolute atomic E-state index is 0.0574. The molecule has 192 valence electrons. The third-order valence-electron chi connectivity index (χ3n) is 7.46. The highest BCUT2D eigenvalue weighted by Crippen LogP contribution is 2.41. The van der Waals surface area contributed by atoms with E-state index in [0.717, 1.165) is 42.4 Å². The van der Waals surface area contributed by atoms with Gasteiger partial charge in [0.25, 0.3) is 5.91 Å². The summed E-state index contributed by atoms with van der Waals surface area (Å²) in [5, 5.41) is 11.8. The van der Waals surface area contributed by atoms with E-state index in [2.05, 4.69) is 18.3 Å². The van der Waals surface area contributed by atoms with Crippen LogP contribution >= 0.6 is 0 Å². The number of nitrogens with zero attached hydrogens (tertiary/aromatic N) is 1. The number of rotatable bonds is 8. The number of carbonyl (C=O) groups is 3. The molecule has 1 atom stereocenters. The van der Waals surface area contributed by atoms with Gasteiger partial charge in [-0.15, -0.1) is 0 Å². The normalized spacial score (nSPS) is 17.9. The Bertz CT molecular complexity index is 1190. The highest BCUT2D eigenvalue weighted by molar-refractivity contribution is 5.98. The summed E-state index contributed by atoms with van der Waals surface area (Å²) in [5.41, 5.74) is 4.78. The number of nitrogens with one attached hydrogen (secondary N) is 1. The number of hydrogen-bond donors (Lipinski definition) is 2. The van der Waals surface area contributed by atoms with Crippen molar-refractivity contribution in [1.82, 2.24) is 4.90 Å². The van der Waals surface area contributed by atoms with E-state index in [9.17, 15) is 14.4 Å². The maximum absolute atomic E-state index is 15.0. The maximum Gasteiger partial charge on any atom is 0.303 e. The Labute approximate surface area is 211 Å². The molecule has 2 aromatic carbocycles. The molecule has 0 unspecified atom stereocenters. The van der Waals surface area contributed by atoms with E-state index in [1.54, 1.807) is 4.90 Å². The molecule has 0 aromatic heterocycles. The molecule has 0 fully saturated rings. The number of anilines is 1. The second kappa shape index (κ2) is 10.4. The van der Waals surface area contributed by atoms with Gasteiger partial charge in [0.05, 0.1) is 0 Å². The molecule has 6 nitrogen and oxygen atoms in total. The van der Waals surface area contributed by atoms with Crippen LogP contribution in [0.2, 0.25) is 0 Å². The summed E-state index contributed by atoms with van der Waals surface area (Å²) < 4.78 is 15.0. The molecule has 0 bridgehead atoms. The predicted molar refractivity (Wildman–Crippen MR) is 136 cm³/mol. The lowest BCUT2D eigenvalue weighted by Crippen LogP contribution is -2.45. The first-order chi connectivity index (χ1) is 17.1. The molecule has 0 saturated heterocycles. The van der Waals surface area contributed by atoms with E-state index >= 15 is 4.39 Å². The van der Waals surface area contributed by atoms with E-state index in [-0.39, 0.29) is 42.3 Å². The van der Waals surface area contributed by atoms with E-state index < -0.39 is 12.0 Å². The highest BCUT2D eigenvalue weighted by atomic mass is 19.1. The zero-order valence-corrected chi connectivity index (χ0v) is 21.3. The fraction of sp³-hybridized carbons (Fsp3) is 0.483. The summed E-state index contributed by atoms with van der Waals surface area (Å²) in [4.78, 5) is 39.2. The van der Waals surface area contributed by atoms with Crippen molar-refractivity contribution in [3.63, 3.8) is 0 Å². The van der Waals surface area contributed by atoms with Gasteiger partial charge < -0.3 is 15.3 Å². The molecule has 2 aliphatic rings. The van der Waals surface area contributed by atoms with Crippen molar-refractivity contribution in [3.8, 4) is 0 Å². The summed E-state index contributed by atoms with van der Waals surface area (Å²) in [5.74, 6) is -1.91. The molecule has 0 spiro atoms. The molecule has 1 heterocycles. The lowest BCUT2D eigenvalue weighted by Gasteiger charge is -2.37. The van der Waals surface area contributed by atoms with Gasteiger partial charge in [-0.2, -0.15) is 0 Å². The molecule has 2 aromatic rings. The van der Waals surface area contributed by atoms with Gasteiger partial charge in [-0.3, -0.25) is 14.4 Å². The van der Waals surface area contributed by atoms with Crippen LogP contribution < -0.4 is 5.32 Å². The van der Waals surface area contributed by atoms with Gasteiger partial charge in [-0.1, -0.05) is 45.4 Å². The topological polar surface area (TPSA) is 86.7 Å². The van der Waals surface area contributed by atoms with E-state index in [1.165, 1.54) is 11.6 Å². The SMILES string of the molecule is CCCc1ccc2c(c1)CCN(C(=O)CCCC(=O)O)[C@H]2C(=O)Nc1cc(F)c2c(c1)CCC2(C)C. The van der Waals surface area contributed by atoms with Gasteiger partial charge in [0, 0.05) is 25.1 Å². The summed E-state index contributed by atoms with van der Waals surface area (Å²) in [6.45, 7) is 6.54. The van der Waals surface area contributed by atoms with Crippen LogP contribution in [0.3, 0.4) is 0 Å². The standard InChI is InChI=1S/C29H35FN2O4/c1-4-6-18-9-10-22-19(15-18)12-14-32(24(33)7-5-8-25(34)35)27(22)28(36)31-21-16-20-11-13-29(2,3)26(20)23(30)17-21/h9-10,15-17,27H,4-8,11-14H2,1-3H3,(H,31,36)(H,34,35)/t27-/m1/s1. The van der Waals surface area contributed by atoms with Crippen molar-refractivity contribution in [2.75, 3.05) is 11.9 Å². The largest absolute Gasteiger partial charge is 0.481 e. The third kappa shape index (κ3) is 5.30. The number of amides is 2. The molecule has 36 heavy (non-hydrogen) atoms. The van der Waals surface area contributed by atoms with Crippen LogP contribution in [0.5, 0.6) is 0 Å². The maximum atomic E-state index is 15.0. The summed E-state index contributed by atoms with van der Waals surface area (Å²) in [6.07, 6.45) is 4.36. The Kier molecular flexibility index (Phi) is 7.48. The molecular weight excluding hydrogens is 459 g/mol. The second-order valence-corrected chi connectivity index (χ2v) is 10.6. The zero-order valence-electron chi connectivity index (χ0n) is 21.3. The van der Waals surface area contributed by atoms with Crippen LogP contribution in [0.15, 0.2) is 30.3 Å². The molecule has 2 amide bonds. The average Bonchev–Trinajstić information content (AvgIpc) is 3.12. The molecule has 0 radical (unpaired) electrons.